The smallest absolute Gasteiger partial charge is 0.205 e. The third-order valence-electron chi connectivity index (χ3n) is 2.88. The van der Waals surface area contributed by atoms with Gasteiger partial charge in [0.05, 0.1) is 6.04 Å². The molecular formula is C11H17N3OS. The molecule has 4 nitrogen and oxygen atoms in total. The number of hydrogen-bond donors (Lipinski definition) is 0. The lowest BCUT2D eigenvalue weighted by atomic mass is 10.0. The Morgan fingerprint density at radius 1 is 1.56 bits per heavy atom. The molecule has 1 aliphatic rings. The molecule has 0 amide bonds. The van der Waals surface area contributed by atoms with Crippen LogP contribution in [0.5, 0.6) is 0 Å². The molecule has 1 aromatic rings. The average molecular weight is 239 g/mol. The quantitative estimate of drug-likeness (QED) is 0.754. The molecule has 2 heterocycles. The van der Waals surface area contributed by atoms with E-state index in [4.69, 9.17) is 0 Å². The minimum absolute atomic E-state index is 0.0103. The third-order valence-corrected chi connectivity index (χ3v) is 3.67. The lowest BCUT2D eigenvalue weighted by molar-refractivity contribution is -0.109. The number of hydrogen-bond acceptors (Lipinski definition) is 5. The van der Waals surface area contributed by atoms with Gasteiger partial charge in [0.25, 0.3) is 0 Å². The zero-order chi connectivity index (χ0) is 11.4. The summed E-state index contributed by atoms with van der Waals surface area (Å²) in [4.78, 5) is 17.6. The van der Waals surface area contributed by atoms with Crippen molar-refractivity contribution in [3.63, 3.8) is 0 Å². The second-order valence-electron chi connectivity index (χ2n) is 4.14. The number of aryl methyl sites for hydroxylation is 1. The van der Waals surface area contributed by atoms with Crippen LogP contribution >= 0.6 is 11.5 Å². The Kier molecular flexibility index (Phi) is 3.88. The number of carbonyl (C=O) groups is 1. The topological polar surface area (TPSA) is 46.1 Å². The van der Waals surface area contributed by atoms with E-state index in [-0.39, 0.29) is 6.04 Å². The van der Waals surface area contributed by atoms with E-state index in [1.165, 1.54) is 11.5 Å². The fraction of sp³-hybridized carbons (Fsp3) is 0.727. The maximum absolute atomic E-state index is 11.0. The first-order valence-electron chi connectivity index (χ1n) is 5.89. The van der Waals surface area contributed by atoms with E-state index < -0.39 is 0 Å². The summed E-state index contributed by atoms with van der Waals surface area (Å²) in [6.07, 6.45) is 6.27. The van der Waals surface area contributed by atoms with Crippen LogP contribution in [0.3, 0.4) is 0 Å². The van der Waals surface area contributed by atoms with Crippen LogP contribution in [-0.4, -0.2) is 28.2 Å². The van der Waals surface area contributed by atoms with Crippen molar-refractivity contribution in [2.75, 3.05) is 11.4 Å². The molecule has 0 aliphatic carbocycles. The maximum Gasteiger partial charge on any atom is 0.205 e. The second kappa shape index (κ2) is 5.39. The Labute approximate surface area is 99.9 Å². The van der Waals surface area contributed by atoms with E-state index in [1.54, 1.807) is 0 Å². The number of aromatic nitrogens is 2. The highest BCUT2D eigenvalue weighted by molar-refractivity contribution is 7.09. The van der Waals surface area contributed by atoms with Gasteiger partial charge in [-0.2, -0.15) is 4.37 Å². The van der Waals surface area contributed by atoms with Crippen LogP contribution in [0.15, 0.2) is 0 Å². The lowest BCUT2D eigenvalue weighted by Crippen LogP contribution is -2.40. The number of carbonyl (C=O) groups excluding carboxylic acids is 1. The van der Waals surface area contributed by atoms with Gasteiger partial charge in [0, 0.05) is 24.5 Å². The molecule has 0 saturated carbocycles. The van der Waals surface area contributed by atoms with Crippen LogP contribution in [0.2, 0.25) is 0 Å². The van der Waals surface area contributed by atoms with Gasteiger partial charge in [0.2, 0.25) is 5.13 Å². The summed E-state index contributed by atoms with van der Waals surface area (Å²) in [5.74, 6) is 0.915. The monoisotopic (exact) mass is 239 g/mol. The van der Waals surface area contributed by atoms with Crippen molar-refractivity contribution in [1.29, 1.82) is 0 Å². The zero-order valence-corrected chi connectivity index (χ0v) is 10.4. The van der Waals surface area contributed by atoms with Gasteiger partial charge in [-0.3, -0.25) is 0 Å². The molecule has 0 radical (unpaired) electrons. The Morgan fingerprint density at radius 2 is 2.44 bits per heavy atom. The molecule has 1 saturated heterocycles. The summed E-state index contributed by atoms with van der Waals surface area (Å²) in [6, 6.07) is 0.0103. The fourth-order valence-electron chi connectivity index (χ4n) is 2.02. The summed E-state index contributed by atoms with van der Waals surface area (Å²) in [5, 5.41) is 0.917. The van der Waals surface area contributed by atoms with Crippen molar-refractivity contribution in [2.45, 2.75) is 45.1 Å². The van der Waals surface area contributed by atoms with E-state index in [0.29, 0.717) is 0 Å². The molecule has 1 aliphatic heterocycles. The van der Waals surface area contributed by atoms with Crippen molar-refractivity contribution < 1.29 is 4.79 Å². The van der Waals surface area contributed by atoms with Gasteiger partial charge in [-0.25, -0.2) is 4.98 Å². The van der Waals surface area contributed by atoms with E-state index in [2.05, 4.69) is 21.2 Å². The first-order valence-corrected chi connectivity index (χ1v) is 6.67. The van der Waals surface area contributed by atoms with Gasteiger partial charge < -0.3 is 9.69 Å². The number of aldehydes is 1. The first kappa shape index (κ1) is 11.5. The van der Waals surface area contributed by atoms with Crippen molar-refractivity contribution in [1.82, 2.24) is 9.36 Å². The minimum Gasteiger partial charge on any atom is -0.337 e. The highest BCUT2D eigenvalue weighted by atomic mass is 32.1. The predicted molar refractivity (Wildman–Crippen MR) is 65.0 cm³/mol. The highest BCUT2D eigenvalue weighted by Gasteiger charge is 2.24. The van der Waals surface area contributed by atoms with Crippen molar-refractivity contribution in [2.24, 2.45) is 0 Å². The maximum atomic E-state index is 11.0. The molecule has 2 rings (SSSR count). The molecule has 0 bridgehead atoms. The molecule has 16 heavy (non-hydrogen) atoms. The van der Waals surface area contributed by atoms with Crippen molar-refractivity contribution in [3.05, 3.63) is 5.82 Å². The normalized spacial score (nSPS) is 21.1. The molecule has 1 fully saturated rings. The van der Waals surface area contributed by atoms with Gasteiger partial charge in [-0.15, -0.1) is 0 Å². The number of rotatable bonds is 4. The molecule has 1 unspecified atom stereocenters. The summed E-state index contributed by atoms with van der Waals surface area (Å²) in [5.41, 5.74) is 0. The highest BCUT2D eigenvalue weighted by Crippen LogP contribution is 2.25. The molecule has 88 valence electrons. The molecule has 0 spiro atoms. The van der Waals surface area contributed by atoms with Crippen LogP contribution in [0.4, 0.5) is 5.13 Å². The van der Waals surface area contributed by atoms with Crippen molar-refractivity contribution in [3.8, 4) is 0 Å². The standard InChI is InChI=1S/C11H17N3OS/c1-2-5-10-12-11(16-13-10)14-7-4-3-6-9(14)8-15/h8-9H,2-7H2,1H3. The van der Waals surface area contributed by atoms with E-state index in [0.717, 1.165) is 55.9 Å². The van der Waals surface area contributed by atoms with Crippen LogP contribution in [0.1, 0.15) is 38.4 Å². The molecule has 1 aromatic heterocycles. The molecule has 1 atom stereocenters. The van der Waals surface area contributed by atoms with Gasteiger partial charge in [0.15, 0.2) is 0 Å². The van der Waals surface area contributed by atoms with Gasteiger partial charge in [-0.05, 0) is 25.7 Å². The molecule has 0 N–H and O–H groups in total. The van der Waals surface area contributed by atoms with Gasteiger partial charge in [0.1, 0.15) is 12.1 Å². The van der Waals surface area contributed by atoms with Crippen molar-refractivity contribution >= 4 is 23.0 Å². The lowest BCUT2D eigenvalue weighted by Gasteiger charge is -2.31. The third kappa shape index (κ3) is 2.40. The second-order valence-corrected chi connectivity index (χ2v) is 4.87. The van der Waals surface area contributed by atoms with E-state index in [9.17, 15) is 4.79 Å². The Morgan fingerprint density at radius 3 is 3.19 bits per heavy atom. The van der Waals surface area contributed by atoms with Gasteiger partial charge >= 0.3 is 0 Å². The van der Waals surface area contributed by atoms with E-state index >= 15 is 0 Å². The largest absolute Gasteiger partial charge is 0.337 e. The Bertz CT molecular complexity index is 353. The minimum atomic E-state index is 0.0103. The Hall–Kier alpha value is -0.970. The molecule has 0 aromatic carbocycles. The predicted octanol–water partition coefficient (Wildman–Crippen LogP) is 2.05. The summed E-state index contributed by atoms with van der Waals surface area (Å²) < 4.78 is 4.32. The summed E-state index contributed by atoms with van der Waals surface area (Å²) in [7, 11) is 0. The zero-order valence-electron chi connectivity index (χ0n) is 9.56. The van der Waals surface area contributed by atoms with Crippen LogP contribution < -0.4 is 4.90 Å². The SMILES string of the molecule is CCCc1nsc(N2CCCCC2C=O)n1. The molecular weight excluding hydrogens is 222 g/mol. The van der Waals surface area contributed by atoms with E-state index in [1.807, 2.05) is 0 Å². The Balaban J connectivity index is 2.11. The summed E-state index contributed by atoms with van der Waals surface area (Å²) >= 11 is 1.42. The summed E-state index contributed by atoms with van der Waals surface area (Å²) in [6.45, 7) is 3.06. The van der Waals surface area contributed by atoms with Crippen LogP contribution in [0.25, 0.3) is 0 Å². The first-order chi connectivity index (χ1) is 7.85. The number of nitrogens with zero attached hydrogens (tertiary/aromatic N) is 3. The van der Waals surface area contributed by atoms with Crippen LogP contribution in [0, 0.1) is 0 Å². The fourth-order valence-corrected chi connectivity index (χ4v) is 2.82. The number of piperidine rings is 1. The molecule has 5 heteroatoms. The van der Waals surface area contributed by atoms with Gasteiger partial charge in [-0.1, -0.05) is 6.92 Å². The average Bonchev–Trinajstić information content (AvgIpc) is 2.78. The van der Waals surface area contributed by atoms with Crippen LogP contribution in [-0.2, 0) is 11.2 Å². The number of anilines is 1.